The Balaban J connectivity index is 1.59. The summed E-state index contributed by atoms with van der Waals surface area (Å²) in [6.45, 7) is 0. The third-order valence-electron chi connectivity index (χ3n) is 4.99. The second-order valence-corrected chi connectivity index (χ2v) is 8.36. The van der Waals surface area contributed by atoms with E-state index in [0.29, 0.717) is 28.0 Å². The Bertz CT molecular complexity index is 1150. The number of ether oxygens (including phenoxy) is 2. The van der Waals surface area contributed by atoms with E-state index in [1.54, 1.807) is 43.4 Å². The standard InChI is InChI=1S/C25H23N3O4S/c1-31-20-12-8-18(9-13-20)27-25-28(19-10-14-21(32-2)15-11-19)24(30)22(33-25)16-23(29)26-17-6-4-3-5-7-17/h3-15,22H,16H2,1-2H3,(H,26,29). The van der Waals surface area contributed by atoms with Crippen molar-refractivity contribution in [2.45, 2.75) is 11.7 Å². The largest absolute Gasteiger partial charge is 0.497 e. The number of methoxy groups -OCH3 is 2. The van der Waals surface area contributed by atoms with Crippen LogP contribution in [0.25, 0.3) is 0 Å². The number of aliphatic imine (C=N–C) groups is 1. The number of hydrogen-bond acceptors (Lipinski definition) is 6. The maximum absolute atomic E-state index is 13.3. The summed E-state index contributed by atoms with van der Waals surface area (Å²) >= 11 is 1.28. The highest BCUT2D eigenvalue weighted by Crippen LogP contribution is 2.36. The van der Waals surface area contributed by atoms with Gasteiger partial charge in [-0.05, 0) is 60.7 Å². The molecule has 1 N–H and O–H groups in total. The van der Waals surface area contributed by atoms with E-state index in [-0.39, 0.29) is 18.2 Å². The summed E-state index contributed by atoms with van der Waals surface area (Å²) in [5.41, 5.74) is 2.03. The molecule has 1 atom stereocenters. The first kappa shape index (κ1) is 22.4. The van der Waals surface area contributed by atoms with Gasteiger partial charge < -0.3 is 14.8 Å². The first-order chi connectivity index (χ1) is 16.1. The van der Waals surface area contributed by atoms with Gasteiger partial charge in [-0.25, -0.2) is 4.99 Å². The van der Waals surface area contributed by atoms with Crippen LogP contribution in [0.5, 0.6) is 11.5 Å². The predicted molar refractivity (Wildman–Crippen MR) is 132 cm³/mol. The Hall–Kier alpha value is -3.78. The van der Waals surface area contributed by atoms with Crippen LogP contribution in [0.2, 0.25) is 0 Å². The van der Waals surface area contributed by atoms with Crippen molar-refractivity contribution in [1.82, 2.24) is 0 Å². The van der Waals surface area contributed by atoms with Crippen molar-refractivity contribution in [2.75, 3.05) is 24.4 Å². The summed E-state index contributed by atoms with van der Waals surface area (Å²) in [6, 6.07) is 23.6. The van der Waals surface area contributed by atoms with E-state index in [9.17, 15) is 9.59 Å². The highest BCUT2D eigenvalue weighted by atomic mass is 32.2. The Morgan fingerprint density at radius 1 is 0.939 bits per heavy atom. The molecule has 0 aliphatic carbocycles. The average Bonchev–Trinajstić information content (AvgIpc) is 3.14. The number of carbonyl (C=O) groups is 2. The number of nitrogens with one attached hydrogen (secondary N) is 1. The lowest BCUT2D eigenvalue weighted by Crippen LogP contribution is -2.33. The summed E-state index contributed by atoms with van der Waals surface area (Å²) in [5.74, 6) is 0.982. The first-order valence-electron chi connectivity index (χ1n) is 10.3. The topological polar surface area (TPSA) is 80.2 Å². The van der Waals surface area contributed by atoms with E-state index in [4.69, 9.17) is 14.5 Å². The Labute approximate surface area is 196 Å². The molecule has 1 aliphatic rings. The van der Waals surface area contributed by atoms with E-state index in [1.165, 1.54) is 11.8 Å². The van der Waals surface area contributed by atoms with Crippen molar-refractivity contribution in [3.8, 4) is 11.5 Å². The third-order valence-corrected chi connectivity index (χ3v) is 6.13. The number of amidine groups is 1. The molecule has 1 saturated heterocycles. The lowest BCUT2D eigenvalue weighted by molar-refractivity contribution is -0.121. The number of para-hydroxylation sites is 1. The smallest absolute Gasteiger partial charge is 0.247 e. The highest BCUT2D eigenvalue weighted by molar-refractivity contribution is 8.16. The Kier molecular flexibility index (Phi) is 6.95. The van der Waals surface area contributed by atoms with E-state index in [1.807, 2.05) is 54.6 Å². The second kappa shape index (κ2) is 10.2. The Morgan fingerprint density at radius 2 is 1.55 bits per heavy atom. The summed E-state index contributed by atoms with van der Waals surface area (Å²) < 4.78 is 10.4. The lowest BCUT2D eigenvalue weighted by atomic mass is 10.2. The fourth-order valence-corrected chi connectivity index (χ4v) is 4.47. The Morgan fingerprint density at radius 3 is 2.15 bits per heavy atom. The molecule has 8 heteroatoms. The fourth-order valence-electron chi connectivity index (χ4n) is 3.31. The van der Waals surface area contributed by atoms with Gasteiger partial charge in [-0.2, -0.15) is 0 Å². The SMILES string of the molecule is COc1ccc(N=C2SC(CC(=O)Nc3ccccc3)C(=O)N2c2ccc(OC)cc2)cc1. The molecule has 0 saturated carbocycles. The monoisotopic (exact) mass is 461 g/mol. The van der Waals surface area contributed by atoms with Crippen LogP contribution in [0, 0.1) is 0 Å². The van der Waals surface area contributed by atoms with Gasteiger partial charge in [0.15, 0.2) is 5.17 Å². The molecule has 4 rings (SSSR count). The highest BCUT2D eigenvalue weighted by Gasteiger charge is 2.40. The van der Waals surface area contributed by atoms with E-state index < -0.39 is 5.25 Å². The first-order valence-corrected chi connectivity index (χ1v) is 11.2. The summed E-state index contributed by atoms with van der Waals surface area (Å²) in [4.78, 5) is 32.2. The minimum absolute atomic E-state index is 0.0344. The van der Waals surface area contributed by atoms with E-state index >= 15 is 0 Å². The van der Waals surface area contributed by atoms with Crippen molar-refractivity contribution in [3.05, 3.63) is 78.9 Å². The molecule has 3 aromatic carbocycles. The van der Waals surface area contributed by atoms with Crippen molar-refractivity contribution < 1.29 is 19.1 Å². The van der Waals surface area contributed by atoms with Gasteiger partial charge in [-0.3, -0.25) is 14.5 Å². The second-order valence-electron chi connectivity index (χ2n) is 7.19. The maximum atomic E-state index is 13.3. The van der Waals surface area contributed by atoms with Crippen LogP contribution in [0.3, 0.4) is 0 Å². The number of amides is 2. The molecule has 0 aromatic heterocycles. The van der Waals surface area contributed by atoms with Crippen molar-refractivity contribution in [3.63, 3.8) is 0 Å². The van der Waals surface area contributed by atoms with E-state index in [2.05, 4.69) is 5.32 Å². The number of carbonyl (C=O) groups excluding carboxylic acids is 2. The molecule has 1 heterocycles. The number of rotatable bonds is 7. The molecule has 1 aliphatic heterocycles. The zero-order valence-corrected chi connectivity index (χ0v) is 19.0. The summed E-state index contributed by atoms with van der Waals surface area (Å²) in [5, 5.41) is 2.76. The zero-order chi connectivity index (χ0) is 23.2. The van der Waals surface area contributed by atoms with E-state index in [0.717, 1.165) is 5.75 Å². The van der Waals surface area contributed by atoms with Crippen LogP contribution in [-0.2, 0) is 9.59 Å². The van der Waals surface area contributed by atoms with Gasteiger partial charge in [0.2, 0.25) is 11.8 Å². The molecule has 0 spiro atoms. The van der Waals surface area contributed by atoms with Gasteiger partial charge in [0, 0.05) is 12.1 Å². The predicted octanol–water partition coefficient (Wildman–Crippen LogP) is 4.87. The molecule has 168 valence electrons. The normalized spacial score (nSPS) is 16.7. The number of benzene rings is 3. The van der Waals surface area contributed by atoms with Crippen molar-refractivity contribution in [2.24, 2.45) is 4.99 Å². The van der Waals surface area contributed by atoms with Crippen LogP contribution in [0.15, 0.2) is 83.9 Å². The molecule has 3 aromatic rings. The van der Waals surface area contributed by atoms with Gasteiger partial charge in [0.25, 0.3) is 0 Å². The van der Waals surface area contributed by atoms with Gasteiger partial charge in [-0.1, -0.05) is 30.0 Å². The fraction of sp³-hybridized carbons (Fsp3) is 0.160. The molecule has 0 radical (unpaired) electrons. The quantitative estimate of drug-likeness (QED) is 0.543. The van der Waals surface area contributed by atoms with Gasteiger partial charge in [0.1, 0.15) is 16.7 Å². The number of hydrogen-bond donors (Lipinski definition) is 1. The molecule has 2 amide bonds. The molecule has 1 unspecified atom stereocenters. The third kappa shape index (κ3) is 5.35. The van der Waals surface area contributed by atoms with Crippen LogP contribution < -0.4 is 19.7 Å². The minimum atomic E-state index is -0.590. The molecule has 1 fully saturated rings. The number of thioether (sulfide) groups is 1. The molecule has 33 heavy (non-hydrogen) atoms. The molecule has 7 nitrogen and oxygen atoms in total. The molecule has 0 bridgehead atoms. The average molecular weight is 462 g/mol. The molecular weight excluding hydrogens is 438 g/mol. The maximum Gasteiger partial charge on any atom is 0.247 e. The number of nitrogens with zero attached hydrogens (tertiary/aromatic N) is 2. The zero-order valence-electron chi connectivity index (χ0n) is 18.2. The van der Waals surface area contributed by atoms with Gasteiger partial charge >= 0.3 is 0 Å². The van der Waals surface area contributed by atoms with Crippen LogP contribution in [0.1, 0.15) is 6.42 Å². The van der Waals surface area contributed by atoms with Crippen molar-refractivity contribution in [1.29, 1.82) is 0 Å². The van der Waals surface area contributed by atoms with Crippen LogP contribution in [-0.4, -0.2) is 36.5 Å². The summed E-state index contributed by atoms with van der Waals surface area (Å²) in [7, 11) is 3.19. The van der Waals surface area contributed by atoms with Crippen molar-refractivity contribution >= 4 is 45.8 Å². The van der Waals surface area contributed by atoms with Gasteiger partial charge in [0.05, 0.1) is 25.6 Å². The molecular formula is C25H23N3O4S. The number of anilines is 2. The van der Waals surface area contributed by atoms with Crippen LogP contribution >= 0.6 is 11.8 Å². The minimum Gasteiger partial charge on any atom is -0.497 e. The van der Waals surface area contributed by atoms with Crippen LogP contribution in [0.4, 0.5) is 17.1 Å². The summed E-state index contributed by atoms with van der Waals surface area (Å²) in [6.07, 6.45) is 0.0344. The lowest BCUT2D eigenvalue weighted by Gasteiger charge is -2.17. The van der Waals surface area contributed by atoms with Gasteiger partial charge in [-0.15, -0.1) is 0 Å².